The molecule has 0 fully saturated rings. The molecule has 1 atom stereocenters. The number of nitrogens with zero attached hydrogens (tertiary/aromatic N) is 2. The van der Waals surface area contributed by atoms with E-state index < -0.39 is 12.1 Å². The van der Waals surface area contributed by atoms with E-state index in [9.17, 15) is 9.59 Å². The Morgan fingerprint density at radius 1 is 1.26 bits per heavy atom. The first-order chi connectivity index (χ1) is 12.6. The fraction of sp³-hybridized carbons (Fsp3) is 0.474. The zero-order valence-corrected chi connectivity index (χ0v) is 17.1. The molecule has 146 valence electrons. The summed E-state index contributed by atoms with van der Waals surface area (Å²) in [6, 6.07) is 7.64. The molecular weight excluding hydrogens is 366 g/mol. The molecular formula is C19H25N3O4S. The van der Waals surface area contributed by atoms with Crippen LogP contribution in [0.4, 0.5) is 5.69 Å². The van der Waals surface area contributed by atoms with Crippen molar-refractivity contribution in [3.63, 3.8) is 0 Å². The Morgan fingerprint density at radius 2 is 1.93 bits per heavy atom. The van der Waals surface area contributed by atoms with E-state index in [-0.39, 0.29) is 17.1 Å². The van der Waals surface area contributed by atoms with Gasteiger partial charge in [-0.2, -0.15) is 4.98 Å². The van der Waals surface area contributed by atoms with Crippen LogP contribution in [-0.4, -0.2) is 33.9 Å². The number of carbonyl (C=O) groups excluding carboxylic acids is 2. The molecule has 0 aliphatic carbocycles. The molecule has 1 amide bonds. The number of ether oxygens (including phenoxy) is 1. The Hall–Kier alpha value is -2.35. The van der Waals surface area contributed by atoms with Crippen LogP contribution >= 0.6 is 11.8 Å². The van der Waals surface area contributed by atoms with Gasteiger partial charge in [-0.05, 0) is 30.0 Å². The number of rotatable bonds is 7. The molecule has 0 aliphatic rings. The van der Waals surface area contributed by atoms with Gasteiger partial charge in [0, 0.05) is 12.6 Å². The summed E-state index contributed by atoms with van der Waals surface area (Å²) in [4.78, 5) is 28.1. The van der Waals surface area contributed by atoms with Crippen molar-refractivity contribution in [2.75, 3.05) is 11.1 Å². The minimum atomic E-state index is -0.882. The Labute approximate surface area is 163 Å². The van der Waals surface area contributed by atoms with Crippen LogP contribution < -0.4 is 5.32 Å². The van der Waals surface area contributed by atoms with Gasteiger partial charge in [0.15, 0.2) is 11.9 Å². The molecule has 1 aromatic heterocycles. The summed E-state index contributed by atoms with van der Waals surface area (Å²) in [5.74, 6) is 0.707. The van der Waals surface area contributed by atoms with Gasteiger partial charge in [0.05, 0.1) is 11.5 Å². The van der Waals surface area contributed by atoms with Crippen molar-refractivity contribution in [2.45, 2.75) is 51.9 Å². The second-order valence-electron chi connectivity index (χ2n) is 7.17. The number of thioether (sulfide) groups is 1. The van der Waals surface area contributed by atoms with Crippen molar-refractivity contribution in [3.8, 4) is 0 Å². The summed E-state index contributed by atoms with van der Waals surface area (Å²) in [6.07, 6.45) is -0.882. The fourth-order valence-corrected chi connectivity index (χ4v) is 2.84. The van der Waals surface area contributed by atoms with Gasteiger partial charge in [0.1, 0.15) is 0 Å². The van der Waals surface area contributed by atoms with Crippen LogP contribution in [-0.2, 0) is 25.5 Å². The Balaban J connectivity index is 1.76. The maximum absolute atomic E-state index is 12.2. The summed E-state index contributed by atoms with van der Waals surface area (Å²) >= 11 is 1.30. The SMILES string of the molecule is Cc1nc(CSCC(=O)OC(C)C(=O)Nc2ccc(C(C)(C)C)cc2)no1. The van der Waals surface area contributed by atoms with Gasteiger partial charge in [0.2, 0.25) is 5.89 Å². The number of hydrogen-bond acceptors (Lipinski definition) is 7. The lowest BCUT2D eigenvalue weighted by molar-refractivity contribution is -0.150. The van der Waals surface area contributed by atoms with E-state index in [0.717, 1.165) is 0 Å². The number of hydrogen-bond donors (Lipinski definition) is 1. The third-order valence-electron chi connectivity index (χ3n) is 3.72. The maximum atomic E-state index is 12.2. The quantitative estimate of drug-likeness (QED) is 0.722. The third-order valence-corrected chi connectivity index (χ3v) is 4.62. The number of aromatic nitrogens is 2. The summed E-state index contributed by atoms with van der Waals surface area (Å²) in [7, 11) is 0. The highest BCUT2D eigenvalue weighted by Gasteiger charge is 2.19. The van der Waals surface area contributed by atoms with Crippen molar-refractivity contribution in [1.29, 1.82) is 0 Å². The molecule has 0 saturated carbocycles. The first-order valence-corrected chi connectivity index (χ1v) is 9.78. The zero-order chi connectivity index (χ0) is 20.0. The van der Waals surface area contributed by atoms with E-state index in [0.29, 0.717) is 23.2 Å². The molecule has 0 saturated heterocycles. The first kappa shape index (κ1) is 21.0. The van der Waals surface area contributed by atoms with Crippen molar-refractivity contribution in [2.24, 2.45) is 0 Å². The van der Waals surface area contributed by atoms with Crippen LogP contribution in [0.1, 0.15) is 45.0 Å². The lowest BCUT2D eigenvalue weighted by Gasteiger charge is -2.19. The third kappa shape index (κ3) is 6.71. The number of nitrogens with one attached hydrogen (secondary N) is 1. The highest BCUT2D eigenvalue weighted by atomic mass is 32.2. The topological polar surface area (TPSA) is 94.3 Å². The second-order valence-corrected chi connectivity index (χ2v) is 8.16. The van der Waals surface area contributed by atoms with Crippen LogP contribution in [0.25, 0.3) is 0 Å². The number of carbonyl (C=O) groups is 2. The summed E-state index contributed by atoms with van der Waals surface area (Å²) in [5, 5.41) is 6.50. The highest BCUT2D eigenvalue weighted by Crippen LogP contribution is 2.23. The minimum Gasteiger partial charge on any atom is -0.452 e. The molecule has 2 aromatic rings. The van der Waals surface area contributed by atoms with Crippen LogP contribution in [0.15, 0.2) is 28.8 Å². The van der Waals surface area contributed by atoms with Gasteiger partial charge in [-0.25, -0.2) is 0 Å². The summed E-state index contributed by atoms with van der Waals surface area (Å²) in [6.45, 7) is 9.62. The lowest BCUT2D eigenvalue weighted by atomic mass is 9.87. The largest absolute Gasteiger partial charge is 0.452 e. The van der Waals surface area contributed by atoms with Crippen LogP contribution in [0.3, 0.4) is 0 Å². The van der Waals surface area contributed by atoms with Crippen molar-refractivity contribution in [3.05, 3.63) is 41.5 Å². The molecule has 2 rings (SSSR count). The van der Waals surface area contributed by atoms with Gasteiger partial charge < -0.3 is 14.6 Å². The average Bonchev–Trinajstić information content (AvgIpc) is 2.99. The highest BCUT2D eigenvalue weighted by molar-refractivity contribution is 7.99. The van der Waals surface area contributed by atoms with E-state index in [1.54, 1.807) is 13.8 Å². The second kappa shape index (κ2) is 9.03. The van der Waals surface area contributed by atoms with Crippen LogP contribution in [0, 0.1) is 6.92 Å². The molecule has 1 aromatic carbocycles. The number of aryl methyl sites for hydroxylation is 1. The van der Waals surface area contributed by atoms with Gasteiger partial charge in [-0.15, -0.1) is 11.8 Å². The van der Waals surface area contributed by atoms with Gasteiger partial charge in [-0.1, -0.05) is 38.1 Å². The van der Waals surface area contributed by atoms with Gasteiger partial charge >= 0.3 is 5.97 Å². The Bertz CT molecular complexity index is 781. The number of amides is 1. The predicted octanol–water partition coefficient (Wildman–Crippen LogP) is 3.48. The zero-order valence-electron chi connectivity index (χ0n) is 16.2. The predicted molar refractivity (Wildman–Crippen MR) is 105 cm³/mol. The Morgan fingerprint density at radius 3 is 2.48 bits per heavy atom. The summed E-state index contributed by atoms with van der Waals surface area (Å²) in [5.41, 5.74) is 1.88. The molecule has 0 aliphatic heterocycles. The van der Waals surface area contributed by atoms with E-state index in [2.05, 4.69) is 36.2 Å². The molecule has 1 heterocycles. The standard InChI is InChI=1S/C19H25N3O4S/c1-12(25-17(23)11-27-10-16-20-13(2)26-22-16)18(24)21-15-8-6-14(7-9-15)19(3,4)5/h6-9,12H,10-11H2,1-5H3,(H,21,24). The number of benzene rings is 1. The Kier molecular flexibility index (Phi) is 7.01. The number of esters is 1. The molecule has 0 spiro atoms. The number of anilines is 1. The first-order valence-electron chi connectivity index (χ1n) is 8.63. The fourth-order valence-electron chi connectivity index (χ4n) is 2.21. The maximum Gasteiger partial charge on any atom is 0.316 e. The summed E-state index contributed by atoms with van der Waals surface area (Å²) < 4.78 is 10.0. The molecule has 1 unspecified atom stereocenters. The molecule has 8 heteroatoms. The molecule has 27 heavy (non-hydrogen) atoms. The minimum absolute atomic E-state index is 0.0449. The van der Waals surface area contributed by atoms with E-state index in [1.165, 1.54) is 17.3 Å². The van der Waals surface area contributed by atoms with E-state index in [4.69, 9.17) is 9.26 Å². The van der Waals surface area contributed by atoms with Crippen LogP contribution in [0.5, 0.6) is 0 Å². The van der Waals surface area contributed by atoms with Crippen molar-refractivity contribution in [1.82, 2.24) is 10.1 Å². The normalized spacial score (nSPS) is 12.5. The lowest BCUT2D eigenvalue weighted by Crippen LogP contribution is -2.30. The average molecular weight is 391 g/mol. The molecule has 7 nitrogen and oxygen atoms in total. The van der Waals surface area contributed by atoms with E-state index >= 15 is 0 Å². The molecule has 1 N–H and O–H groups in total. The van der Waals surface area contributed by atoms with Gasteiger partial charge in [0.25, 0.3) is 5.91 Å². The van der Waals surface area contributed by atoms with Crippen molar-refractivity contribution < 1.29 is 18.8 Å². The molecule has 0 bridgehead atoms. The smallest absolute Gasteiger partial charge is 0.316 e. The molecule has 0 radical (unpaired) electrons. The van der Waals surface area contributed by atoms with E-state index in [1.807, 2.05) is 24.3 Å². The van der Waals surface area contributed by atoms with Gasteiger partial charge in [-0.3, -0.25) is 9.59 Å². The van der Waals surface area contributed by atoms with Crippen molar-refractivity contribution >= 4 is 29.3 Å². The monoisotopic (exact) mass is 391 g/mol. The van der Waals surface area contributed by atoms with Crippen LogP contribution in [0.2, 0.25) is 0 Å².